The number of alkyl halides is 3. The van der Waals surface area contributed by atoms with Gasteiger partial charge in [0, 0.05) is 18.9 Å². The number of ketones is 1. The van der Waals surface area contributed by atoms with Crippen molar-refractivity contribution in [2.45, 2.75) is 42.4 Å². The van der Waals surface area contributed by atoms with Gasteiger partial charge in [-0.3, -0.25) is 9.48 Å². The van der Waals surface area contributed by atoms with Crippen molar-refractivity contribution in [3.63, 3.8) is 0 Å². The smallest absolute Gasteiger partial charge is 0.490 e. The molecule has 0 aliphatic rings. The molecule has 0 radical (unpaired) electrons. The number of methoxy groups -OCH3 is 1. The van der Waals surface area contributed by atoms with Gasteiger partial charge in [-0.15, -0.1) is 11.3 Å². The monoisotopic (exact) mass is 659 g/mol. The Hall–Kier alpha value is -3.46. The number of carboxylic acids is 1. The average molecular weight is 660 g/mol. The van der Waals surface area contributed by atoms with E-state index in [-0.39, 0.29) is 21.7 Å². The summed E-state index contributed by atoms with van der Waals surface area (Å²) in [6.45, 7) is 2.64. The minimum Gasteiger partial charge on any atom is -0.496 e. The van der Waals surface area contributed by atoms with Crippen molar-refractivity contribution < 1.29 is 41.0 Å². The number of Topliss-reactive ketones (excluding diaryl/α,β-unsaturated/α-hetero) is 1. The highest BCUT2D eigenvalue weighted by molar-refractivity contribution is 7.92. The topological polar surface area (TPSA) is 142 Å². The second kappa shape index (κ2) is 14.3. The number of carbonyl (C=O) groups is 2. The summed E-state index contributed by atoms with van der Waals surface area (Å²) in [4.78, 5) is 21.1. The summed E-state index contributed by atoms with van der Waals surface area (Å²) in [7, 11) is -2.08. The summed E-state index contributed by atoms with van der Waals surface area (Å²) < 4.78 is 65.9. The van der Waals surface area contributed by atoms with Gasteiger partial charge < -0.3 is 15.6 Å². The first-order chi connectivity index (χ1) is 20.2. The number of halogens is 4. The van der Waals surface area contributed by atoms with Crippen LogP contribution in [0.4, 0.5) is 13.2 Å². The van der Waals surface area contributed by atoms with Crippen LogP contribution in [0.3, 0.4) is 0 Å². The number of ether oxygens (including phenoxy) is 1. The van der Waals surface area contributed by atoms with E-state index in [9.17, 15) is 26.4 Å². The Kier molecular flexibility index (Phi) is 11.4. The molecule has 1 atom stereocenters. The largest absolute Gasteiger partial charge is 0.496 e. The number of hydrogen-bond acceptors (Lipinski definition) is 8. The molecule has 0 bridgehead atoms. The lowest BCUT2D eigenvalue weighted by atomic mass is 9.99. The van der Waals surface area contributed by atoms with Crippen LogP contribution in [0.1, 0.15) is 30.2 Å². The third-order valence-corrected chi connectivity index (χ3v) is 9.78. The number of nitrogens with zero attached hydrogens (tertiary/aromatic N) is 2. The molecule has 2 heterocycles. The molecule has 0 spiro atoms. The Bertz CT molecular complexity index is 1700. The fourth-order valence-electron chi connectivity index (χ4n) is 4.08. The van der Waals surface area contributed by atoms with Gasteiger partial charge in [-0.05, 0) is 41.8 Å². The zero-order valence-electron chi connectivity index (χ0n) is 23.1. The highest BCUT2D eigenvalue weighted by atomic mass is 35.5. The van der Waals surface area contributed by atoms with Crippen LogP contribution in [0, 0.1) is 5.92 Å². The lowest BCUT2D eigenvalue weighted by molar-refractivity contribution is -0.192. The molecule has 4 aromatic rings. The number of aliphatic carboxylic acids is 1. The van der Waals surface area contributed by atoms with Crippen molar-refractivity contribution >= 4 is 55.4 Å². The Morgan fingerprint density at radius 2 is 1.79 bits per heavy atom. The van der Waals surface area contributed by atoms with Gasteiger partial charge in [0.1, 0.15) is 21.5 Å². The van der Waals surface area contributed by atoms with Crippen LogP contribution in [-0.2, 0) is 38.1 Å². The minimum atomic E-state index is -5.08. The van der Waals surface area contributed by atoms with Crippen LogP contribution in [-0.4, -0.2) is 54.9 Å². The molecular formula is C28H29ClF3N3O6S2. The van der Waals surface area contributed by atoms with Crippen molar-refractivity contribution in [2.24, 2.45) is 11.7 Å². The summed E-state index contributed by atoms with van der Waals surface area (Å²) in [5.41, 5.74) is 8.86. The lowest BCUT2D eigenvalue weighted by Crippen LogP contribution is -2.21. The number of rotatable bonds is 11. The SMILES string of the molecule is COc1cccc2c1c(CS(=O)(=O)c1ccc(Cl)s1)nn2Cc1cccc(CCC(=O)C(C)CN)c1.O=C(O)C(F)(F)F. The van der Waals surface area contributed by atoms with Crippen LogP contribution in [0.5, 0.6) is 5.75 Å². The highest BCUT2D eigenvalue weighted by Crippen LogP contribution is 2.33. The van der Waals surface area contributed by atoms with Gasteiger partial charge in [0.15, 0.2) is 9.84 Å². The molecule has 3 N–H and O–H groups in total. The molecule has 0 aliphatic heterocycles. The molecule has 0 amide bonds. The van der Waals surface area contributed by atoms with Crippen molar-refractivity contribution in [3.05, 3.63) is 75.8 Å². The molecule has 1 unspecified atom stereocenters. The summed E-state index contributed by atoms with van der Waals surface area (Å²) in [6, 6.07) is 16.7. The van der Waals surface area contributed by atoms with E-state index in [2.05, 4.69) is 6.07 Å². The number of carboxylic acid groups (broad SMARTS) is 1. The van der Waals surface area contributed by atoms with Gasteiger partial charge in [0.25, 0.3) is 0 Å². The normalized spacial score (nSPS) is 12.4. The molecule has 15 heteroatoms. The van der Waals surface area contributed by atoms with E-state index in [0.29, 0.717) is 47.1 Å². The fourth-order valence-corrected chi connectivity index (χ4v) is 6.93. The zero-order valence-corrected chi connectivity index (χ0v) is 25.5. The molecule has 0 saturated heterocycles. The maximum Gasteiger partial charge on any atom is 0.490 e. The summed E-state index contributed by atoms with van der Waals surface area (Å²) in [6.07, 6.45) is -4.00. The number of aryl methyl sites for hydroxylation is 1. The molecule has 9 nitrogen and oxygen atoms in total. The number of fused-ring (bicyclic) bond motifs is 1. The number of benzene rings is 2. The zero-order chi connectivity index (χ0) is 31.9. The lowest BCUT2D eigenvalue weighted by Gasteiger charge is -2.09. The number of aromatic nitrogens is 2. The third kappa shape index (κ3) is 9.02. The second-order valence-electron chi connectivity index (χ2n) is 9.50. The van der Waals surface area contributed by atoms with E-state index in [0.717, 1.165) is 28.0 Å². The summed E-state index contributed by atoms with van der Waals surface area (Å²) >= 11 is 7.00. The van der Waals surface area contributed by atoms with Gasteiger partial charge in [0.05, 0.1) is 34.6 Å². The van der Waals surface area contributed by atoms with E-state index >= 15 is 0 Å². The first-order valence-electron chi connectivity index (χ1n) is 12.8. The number of thiophene rings is 1. The molecule has 2 aromatic carbocycles. The van der Waals surface area contributed by atoms with Crippen molar-refractivity contribution in [1.82, 2.24) is 9.78 Å². The maximum absolute atomic E-state index is 13.1. The summed E-state index contributed by atoms with van der Waals surface area (Å²) in [5, 5.41) is 12.5. The van der Waals surface area contributed by atoms with E-state index in [1.165, 1.54) is 6.07 Å². The number of sulfone groups is 1. The fraction of sp³-hybridized carbons (Fsp3) is 0.321. The van der Waals surface area contributed by atoms with Crippen LogP contribution < -0.4 is 10.5 Å². The first-order valence-corrected chi connectivity index (χ1v) is 15.6. The predicted molar refractivity (Wildman–Crippen MR) is 157 cm³/mol. The molecule has 232 valence electrons. The van der Waals surface area contributed by atoms with Gasteiger partial charge in [0.2, 0.25) is 0 Å². The molecular weight excluding hydrogens is 631 g/mol. The van der Waals surface area contributed by atoms with Gasteiger partial charge in [-0.2, -0.15) is 18.3 Å². The minimum absolute atomic E-state index is 0.140. The molecule has 0 saturated carbocycles. The van der Waals surface area contributed by atoms with E-state index < -0.39 is 22.0 Å². The summed E-state index contributed by atoms with van der Waals surface area (Å²) in [5.74, 6) is -2.44. The average Bonchev–Trinajstić information content (AvgIpc) is 3.55. The van der Waals surface area contributed by atoms with E-state index in [4.69, 9.17) is 37.1 Å². The Morgan fingerprint density at radius 1 is 1.14 bits per heavy atom. The highest BCUT2D eigenvalue weighted by Gasteiger charge is 2.38. The van der Waals surface area contributed by atoms with Crippen LogP contribution in [0.15, 0.2) is 58.8 Å². The molecule has 4 rings (SSSR count). The quantitative estimate of drug-likeness (QED) is 0.215. The van der Waals surface area contributed by atoms with Gasteiger partial charge >= 0.3 is 12.1 Å². The van der Waals surface area contributed by atoms with Crippen LogP contribution in [0.25, 0.3) is 10.9 Å². The standard InChI is InChI=1S/C26H28ClN3O4S2.C2HF3O2/c1-17(14-28)22(31)10-9-18-5-3-6-19(13-18)15-30-21-7-4-8-23(34-2)26(21)20(29-30)16-36(32,33)25-12-11-24(27)35-25;3-2(4,5)1(6)7/h3-8,11-13,17H,9-10,14-16,28H2,1-2H3;(H,6,7). The van der Waals surface area contributed by atoms with Crippen molar-refractivity contribution in [3.8, 4) is 5.75 Å². The van der Waals surface area contributed by atoms with Crippen molar-refractivity contribution in [1.29, 1.82) is 0 Å². The van der Waals surface area contributed by atoms with Crippen molar-refractivity contribution in [2.75, 3.05) is 13.7 Å². The number of nitrogens with two attached hydrogens (primary N) is 1. The van der Waals surface area contributed by atoms with Crippen LogP contribution in [0.2, 0.25) is 4.34 Å². The maximum atomic E-state index is 13.1. The molecule has 0 fully saturated rings. The molecule has 43 heavy (non-hydrogen) atoms. The molecule has 2 aromatic heterocycles. The van der Waals surface area contributed by atoms with Crippen LogP contribution >= 0.6 is 22.9 Å². The Balaban J connectivity index is 0.000000646. The van der Waals surface area contributed by atoms with E-state index in [1.54, 1.807) is 23.9 Å². The van der Waals surface area contributed by atoms with Gasteiger partial charge in [-0.1, -0.05) is 48.9 Å². The third-order valence-electron chi connectivity index (χ3n) is 6.34. The Morgan fingerprint density at radius 3 is 2.37 bits per heavy atom. The second-order valence-corrected chi connectivity index (χ2v) is 13.4. The number of carbonyl (C=O) groups excluding carboxylic acids is 1. The number of hydrogen-bond donors (Lipinski definition) is 2. The van der Waals surface area contributed by atoms with Gasteiger partial charge in [-0.25, -0.2) is 13.2 Å². The Labute approximate surface area is 254 Å². The van der Waals surface area contributed by atoms with E-state index in [1.807, 2.05) is 37.3 Å². The molecule has 0 aliphatic carbocycles. The predicted octanol–water partition coefficient (Wildman–Crippen LogP) is 5.51. The first kappa shape index (κ1) is 34.0.